The van der Waals surface area contributed by atoms with Gasteiger partial charge in [0.25, 0.3) is 0 Å². The highest BCUT2D eigenvalue weighted by Gasteiger charge is 2.10. The SMILES string of the molecule is C[C]1CC(C#Cc2ccc(C)cc2)=CC=C1C. The van der Waals surface area contributed by atoms with Crippen LogP contribution >= 0.6 is 0 Å². The molecule has 0 heteroatoms. The first-order valence-corrected chi connectivity index (χ1v) is 5.94. The Balaban J connectivity index is 2.15. The first-order valence-electron chi connectivity index (χ1n) is 5.94. The molecule has 0 unspecified atom stereocenters. The van der Waals surface area contributed by atoms with Crippen molar-refractivity contribution >= 4 is 0 Å². The lowest BCUT2D eigenvalue weighted by Crippen LogP contribution is -1.99. The molecule has 0 aliphatic heterocycles. The minimum absolute atomic E-state index is 0.987. The van der Waals surface area contributed by atoms with Crippen molar-refractivity contribution < 1.29 is 0 Å². The summed E-state index contributed by atoms with van der Waals surface area (Å²) in [6.45, 7) is 6.41. The van der Waals surface area contributed by atoms with Gasteiger partial charge in [-0.1, -0.05) is 54.2 Å². The van der Waals surface area contributed by atoms with Crippen molar-refractivity contribution in [2.45, 2.75) is 27.2 Å². The van der Waals surface area contributed by atoms with Crippen molar-refractivity contribution in [3.63, 3.8) is 0 Å². The fraction of sp³-hybridized carbons (Fsp3) is 0.235. The average Bonchev–Trinajstić information content (AvgIpc) is 2.33. The molecule has 1 radical (unpaired) electrons. The van der Waals surface area contributed by atoms with Gasteiger partial charge < -0.3 is 0 Å². The highest BCUT2D eigenvalue weighted by Crippen LogP contribution is 2.25. The molecule has 0 saturated carbocycles. The van der Waals surface area contributed by atoms with Crippen LogP contribution in [0.3, 0.4) is 0 Å². The predicted molar refractivity (Wildman–Crippen MR) is 73.4 cm³/mol. The van der Waals surface area contributed by atoms with Crippen LogP contribution in [0.5, 0.6) is 0 Å². The number of benzene rings is 1. The number of allylic oxidation sites excluding steroid dienone is 4. The number of aryl methyl sites for hydroxylation is 1. The Bertz CT molecular complexity index is 515. The molecule has 0 saturated heterocycles. The molecule has 85 valence electrons. The van der Waals surface area contributed by atoms with Crippen LogP contribution in [0.2, 0.25) is 0 Å². The average molecular weight is 221 g/mol. The van der Waals surface area contributed by atoms with Crippen molar-refractivity contribution in [2.24, 2.45) is 0 Å². The lowest BCUT2D eigenvalue weighted by atomic mass is 9.90. The Morgan fingerprint density at radius 2 is 1.59 bits per heavy atom. The van der Waals surface area contributed by atoms with Gasteiger partial charge in [-0.25, -0.2) is 0 Å². The maximum atomic E-state index is 3.25. The summed E-state index contributed by atoms with van der Waals surface area (Å²) in [5.74, 6) is 7.89. The molecule has 0 N–H and O–H groups in total. The molecule has 0 heterocycles. The second kappa shape index (κ2) is 5.06. The van der Waals surface area contributed by atoms with E-state index in [1.807, 2.05) is 0 Å². The molecule has 1 aliphatic rings. The van der Waals surface area contributed by atoms with Gasteiger partial charge in [-0.2, -0.15) is 0 Å². The Kier molecular flexibility index (Phi) is 3.49. The Morgan fingerprint density at radius 1 is 0.882 bits per heavy atom. The van der Waals surface area contributed by atoms with E-state index in [1.165, 1.54) is 22.6 Å². The van der Waals surface area contributed by atoms with Gasteiger partial charge in [0, 0.05) is 17.1 Å². The molecule has 1 aromatic rings. The first kappa shape index (κ1) is 11.7. The summed E-state index contributed by atoms with van der Waals surface area (Å²) in [6, 6.07) is 8.34. The second-order valence-corrected chi connectivity index (χ2v) is 4.61. The summed E-state index contributed by atoms with van der Waals surface area (Å²) in [6.07, 6.45) is 5.27. The van der Waals surface area contributed by atoms with Crippen molar-refractivity contribution in [3.05, 3.63) is 64.6 Å². The standard InChI is InChI=1S/C17H17/c1-13-4-7-16(8-5-13)10-11-17-9-6-14(2)15(3)12-17/h4-9H,12H2,1-3H3. The van der Waals surface area contributed by atoms with Crippen LogP contribution in [-0.2, 0) is 0 Å². The summed E-state index contributed by atoms with van der Waals surface area (Å²) in [4.78, 5) is 0. The van der Waals surface area contributed by atoms with Gasteiger partial charge in [0.05, 0.1) is 0 Å². The van der Waals surface area contributed by atoms with E-state index >= 15 is 0 Å². The molecular formula is C17H17. The topological polar surface area (TPSA) is 0 Å². The zero-order valence-corrected chi connectivity index (χ0v) is 10.7. The second-order valence-electron chi connectivity index (χ2n) is 4.61. The molecule has 17 heavy (non-hydrogen) atoms. The first-order chi connectivity index (χ1) is 8.15. The number of hydrogen-bond acceptors (Lipinski definition) is 0. The van der Waals surface area contributed by atoms with Gasteiger partial charge in [0.15, 0.2) is 0 Å². The van der Waals surface area contributed by atoms with E-state index in [2.05, 4.69) is 69.0 Å². The Morgan fingerprint density at radius 3 is 2.24 bits per heavy atom. The third-order valence-corrected chi connectivity index (χ3v) is 3.08. The zero-order chi connectivity index (χ0) is 12.3. The molecule has 1 aromatic carbocycles. The zero-order valence-electron chi connectivity index (χ0n) is 10.7. The molecule has 0 amide bonds. The summed E-state index contributed by atoms with van der Waals surface area (Å²) in [7, 11) is 0. The third kappa shape index (κ3) is 3.11. The molecule has 0 bridgehead atoms. The highest BCUT2D eigenvalue weighted by atomic mass is 14.1. The Labute approximate surface area is 104 Å². The van der Waals surface area contributed by atoms with Gasteiger partial charge in [-0.3, -0.25) is 0 Å². The van der Waals surface area contributed by atoms with Crippen LogP contribution < -0.4 is 0 Å². The van der Waals surface area contributed by atoms with Crippen LogP contribution in [0.15, 0.2) is 47.6 Å². The predicted octanol–water partition coefficient (Wildman–Crippen LogP) is 4.22. The highest BCUT2D eigenvalue weighted by molar-refractivity contribution is 5.47. The minimum Gasteiger partial charge on any atom is -0.0661 e. The molecule has 1 aliphatic carbocycles. The van der Waals surface area contributed by atoms with Gasteiger partial charge in [-0.15, -0.1) is 0 Å². The monoisotopic (exact) mass is 221 g/mol. The lowest BCUT2D eigenvalue weighted by Gasteiger charge is -2.14. The van der Waals surface area contributed by atoms with E-state index in [1.54, 1.807) is 0 Å². The summed E-state index contributed by atoms with van der Waals surface area (Å²) in [5, 5.41) is 0. The molecule has 0 aromatic heterocycles. The van der Waals surface area contributed by atoms with Crippen LogP contribution in [-0.4, -0.2) is 0 Å². The van der Waals surface area contributed by atoms with E-state index in [4.69, 9.17) is 0 Å². The Hall–Kier alpha value is -1.74. The minimum atomic E-state index is 0.987. The van der Waals surface area contributed by atoms with Gasteiger partial charge >= 0.3 is 0 Å². The van der Waals surface area contributed by atoms with E-state index in [0.29, 0.717) is 0 Å². The largest absolute Gasteiger partial charge is 0.0661 e. The van der Waals surface area contributed by atoms with Crippen LogP contribution in [0.1, 0.15) is 31.4 Å². The lowest BCUT2D eigenvalue weighted by molar-refractivity contribution is 0.965. The van der Waals surface area contributed by atoms with E-state index in [-0.39, 0.29) is 0 Å². The summed E-state index contributed by atoms with van der Waals surface area (Å²) < 4.78 is 0. The van der Waals surface area contributed by atoms with Crippen molar-refractivity contribution in [1.82, 2.24) is 0 Å². The van der Waals surface area contributed by atoms with Crippen LogP contribution in [0, 0.1) is 24.7 Å². The van der Waals surface area contributed by atoms with Gasteiger partial charge in [-0.05, 0) is 32.4 Å². The summed E-state index contributed by atoms with van der Waals surface area (Å²) >= 11 is 0. The van der Waals surface area contributed by atoms with Crippen LogP contribution in [0.25, 0.3) is 0 Å². The van der Waals surface area contributed by atoms with Crippen LogP contribution in [0.4, 0.5) is 0 Å². The molecule has 0 fully saturated rings. The third-order valence-electron chi connectivity index (χ3n) is 3.08. The summed E-state index contributed by atoms with van der Waals surface area (Å²) in [5.41, 5.74) is 4.93. The van der Waals surface area contributed by atoms with E-state index < -0.39 is 0 Å². The smallest absolute Gasteiger partial charge is 0.0249 e. The molecule has 0 atom stereocenters. The van der Waals surface area contributed by atoms with Crippen molar-refractivity contribution in [1.29, 1.82) is 0 Å². The molecule has 0 nitrogen and oxygen atoms in total. The fourth-order valence-corrected chi connectivity index (χ4v) is 1.73. The normalized spacial score (nSPS) is 15.7. The van der Waals surface area contributed by atoms with Gasteiger partial charge in [0.2, 0.25) is 0 Å². The maximum Gasteiger partial charge on any atom is 0.0249 e. The van der Waals surface area contributed by atoms with E-state index in [0.717, 1.165) is 12.0 Å². The van der Waals surface area contributed by atoms with E-state index in [9.17, 15) is 0 Å². The number of hydrogen-bond donors (Lipinski definition) is 0. The van der Waals surface area contributed by atoms with Gasteiger partial charge in [0.1, 0.15) is 0 Å². The van der Waals surface area contributed by atoms with Crippen molar-refractivity contribution in [2.75, 3.05) is 0 Å². The quantitative estimate of drug-likeness (QED) is 0.575. The molecular weight excluding hydrogens is 204 g/mol. The fourth-order valence-electron chi connectivity index (χ4n) is 1.73. The maximum absolute atomic E-state index is 3.25. The number of rotatable bonds is 0. The van der Waals surface area contributed by atoms with Crippen molar-refractivity contribution in [3.8, 4) is 11.8 Å². The molecule has 2 rings (SSSR count). The molecule has 0 spiro atoms.